The lowest BCUT2D eigenvalue weighted by molar-refractivity contribution is 0.458. The molecule has 3 nitrogen and oxygen atoms in total. The molecular weight excluding hydrogens is 267 g/mol. The molecule has 0 radical (unpaired) electrons. The van der Waals surface area contributed by atoms with Crippen molar-refractivity contribution in [1.29, 1.82) is 0 Å². The Morgan fingerprint density at radius 2 is 1.95 bits per heavy atom. The van der Waals surface area contributed by atoms with Crippen molar-refractivity contribution in [2.75, 3.05) is 18.5 Å². The van der Waals surface area contributed by atoms with E-state index >= 15 is 0 Å². The van der Waals surface area contributed by atoms with Crippen LogP contribution in [0.15, 0.2) is 42.5 Å². The van der Waals surface area contributed by atoms with Gasteiger partial charge < -0.3 is 15.3 Å². The summed E-state index contributed by atoms with van der Waals surface area (Å²) in [5, 5.41) is 13.3. The molecule has 112 valence electrons. The molecular formula is C17H21FN2O. The molecule has 0 fully saturated rings. The summed E-state index contributed by atoms with van der Waals surface area (Å²) in [5.41, 5.74) is 2.10. The van der Waals surface area contributed by atoms with Crippen LogP contribution in [0.3, 0.4) is 0 Å². The Balaban J connectivity index is 2.40. The highest BCUT2D eigenvalue weighted by atomic mass is 19.1. The molecule has 0 heterocycles. The van der Waals surface area contributed by atoms with E-state index in [1.807, 2.05) is 37.9 Å². The van der Waals surface area contributed by atoms with Crippen LogP contribution in [0.1, 0.15) is 25.5 Å². The van der Waals surface area contributed by atoms with E-state index in [0.29, 0.717) is 12.2 Å². The summed E-state index contributed by atoms with van der Waals surface area (Å²) in [7, 11) is 1.84. The number of aromatic hydroxyl groups is 1. The molecule has 0 aliphatic carbocycles. The zero-order valence-corrected chi connectivity index (χ0v) is 12.6. The van der Waals surface area contributed by atoms with Gasteiger partial charge in [0.25, 0.3) is 0 Å². The van der Waals surface area contributed by atoms with Gasteiger partial charge in [0.2, 0.25) is 0 Å². The molecule has 0 amide bonds. The summed E-state index contributed by atoms with van der Waals surface area (Å²) in [6, 6.07) is 12.2. The van der Waals surface area contributed by atoms with Gasteiger partial charge in [-0.15, -0.1) is 0 Å². The molecule has 0 saturated heterocycles. The number of phenolic OH excluding ortho intramolecular Hbond substituents is 1. The number of rotatable bonds is 5. The topological polar surface area (TPSA) is 35.5 Å². The molecule has 21 heavy (non-hydrogen) atoms. The first-order valence-corrected chi connectivity index (χ1v) is 7.10. The van der Waals surface area contributed by atoms with Crippen molar-refractivity contribution in [3.05, 3.63) is 53.8 Å². The van der Waals surface area contributed by atoms with Crippen LogP contribution in [0.2, 0.25) is 0 Å². The maximum Gasteiger partial charge on any atom is 0.146 e. The van der Waals surface area contributed by atoms with Crippen LogP contribution in [-0.4, -0.2) is 18.7 Å². The predicted octanol–water partition coefficient (Wildman–Crippen LogP) is 3.97. The summed E-state index contributed by atoms with van der Waals surface area (Å²) in [6.45, 7) is 4.54. The lowest BCUT2D eigenvalue weighted by Crippen LogP contribution is -2.18. The molecule has 2 aromatic rings. The van der Waals surface area contributed by atoms with Crippen molar-refractivity contribution >= 4 is 11.4 Å². The highest BCUT2D eigenvalue weighted by Crippen LogP contribution is 2.33. The maximum atomic E-state index is 14.0. The molecule has 4 heteroatoms. The normalized spacial score (nSPS) is 12.2. The van der Waals surface area contributed by atoms with Crippen molar-refractivity contribution in [1.82, 2.24) is 5.32 Å². The van der Waals surface area contributed by atoms with E-state index in [-0.39, 0.29) is 17.6 Å². The summed E-state index contributed by atoms with van der Waals surface area (Å²) >= 11 is 0. The first kappa shape index (κ1) is 15.3. The van der Waals surface area contributed by atoms with Gasteiger partial charge in [-0.2, -0.15) is 0 Å². The fourth-order valence-corrected chi connectivity index (χ4v) is 2.38. The zero-order valence-electron chi connectivity index (χ0n) is 12.6. The number of para-hydroxylation sites is 1. The highest BCUT2D eigenvalue weighted by molar-refractivity contribution is 5.66. The number of anilines is 2. The Kier molecular flexibility index (Phi) is 4.81. The van der Waals surface area contributed by atoms with E-state index in [4.69, 9.17) is 0 Å². The SMILES string of the molecule is CCN(c1ccc(C(C)NC)c(O)c1)c1ccccc1F. The quantitative estimate of drug-likeness (QED) is 0.874. The molecule has 2 rings (SSSR count). The molecule has 0 bridgehead atoms. The van der Waals surface area contributed by atoms with E-state index in [2.05, 4.69) is 5.32 Å². The molecule has 0 aliphatic heterocycles. The van der Waals surface area contributed by atoms with Gasteiger partial charge in [0.05, 0.1) is 5.69 Å². The van der Waals surface area contributed by atoms with Gasteiger partial charge in [0.15, 0.2) is 0 Å². The minimum Gasteiger partial charge on any atom is -0.508 e. The second kappa shape index (κ2) is 6.59. The smallest absolute Gasteiger partial charge is 0.146 e. The minimum atomic E-state index is -0.272. The van der Waals surface area contributed by atoms with E-state index in [0.717, 1.165) is 11.3 Å². The van der Waals surface area contributed by atoms with Crippen LogP contribution < -0.4 is 10.2 Å². The Morgan fingerprint density at radius 3 is 2.52 bits per heavy atom. The third kappa shape index (κ3) is 3.16. The predicted molar refractivity (Wildman–Crippen MR) is 84.7 cm³/mol. The molecule has 0 saturated carbocycles. The average Bonchev–Trinajstić information content (AvgIpc) is 2.49. The third-order valence-electron chi connectivity index (χ3n) is 3.68. The van der Waals surface area contributed by atoms with E-state index in [9.17, 15) is 9.50 Å². The standard InChI is InChI=1S/C17H21FN2O/c1-4-20(16-8-6-5-7-15(16)18)13-9-10-14(12(2)19-3)17(21)11-13/h5-12,19,21H,4H2,1-3H3. The lowest BCUT2D eigenvalue weighted by Gasteiger charge is -2.25. The van der Waals surface area contributed by atoms with Crippen LogP contribution in [0, 0.1) is 5.82 Å². The number of nitrogens with zero attached hydrogens (tertiary/aromatic N) is 1. The first-order valence-electron chi connectivity index (χ1n) is 7.10. The molecule has 1 atom stereocenters. The van der Waals surface area contributed by atoms with E-state index in [1.165, 1.54) is 6.07 Å². The van der Waals surface area contributed by atoms with Crippen LogP contribution >= 0.6 is 0 Å². The third-order valence-corrected chi connectivity index (χ3v) is 3.68. The second-order valence-electron chi connectivity index (χ2n) is 4.95. The summed E-state index contributed by atoms with van der Waals surface area (Å²) in [6.07, 6.45) is 0. The Morgan fingerprint density at radius 1 is 1.24 bits per heavy atom. The van der Waals surface area contributed by atoms with Gasteiger partial charge >= 0.3 is 0 Å². The summed E-state index contributed by atoms with van der Waals surface area (Å²) < 4.78 is 14.0. The maximum absolute atomic E-state index is 14.0. The number of hydrogen-bond donors (Lipinski definition) is 2. The van der Waals surface area contributed by atoms with Crippen LogP contribution in [0.5, 0.6) is 5.75 Å². The van der Waals surface area contributed by atoms with E-state index < -0.39 is 0 Å². The minimum absolute atomic E-state index is 0.0580. The van der Waals surface area contributed by atoms with Crippen molar-refractivity contribution in [2.45, 2.75) is 19.9 Å². The van der Waals surface area contributed by atoms with Crippen LogP contribution in [0.4, 0.5) is 15.8 Å². The van der Waals surface area contributed by atoms with Gasteiger partial charge in [-0.1, -0.05) is 18.2 Å². The average molecular weight is 288 g/mol. The van der Waals surface area contributed by atoms with Gasteiger partial charge in [-0.05, 0) is 39.1 Å². The van der Waals surface area contributed by atoms with Crippen LogP contribution in [0.25, 0.3) is 0 Å². The van der Waals surface area contributed by atoms with Crippen molar-refractivity contribution in [2.24, 2.45) is 0 Å². The largest absolute Gasteiger partial charge is 0.508 e. The number of nitrogens with one attached hydrogen (secondary N) is 1. The van der Waals surface area contributed by atoms with Crippen molar-refractivity contribution in [3.63, 3.8) is 0 Å². The molecule has 0 spiro atoms. The van der Waals surface area contributed by atoms with Gasteiger partial charge in [0.1, 0.15) is 11.6 Å². The summed E-state index contributed by atoms with van der Waals surface area (Å²) in [4.78, 5) is 1.84. The van der Waals surface area contributed by atoms with Gasteiger partial charge in [0, 0.05) is 29.9 Å². The van der Waals surface area contributed by atoms with Gasteiger partial charge in [-0.3, -0.25) is 0 Å². The number of halogens is 1. The lowest BCUT2D eigenvalue weighted by atomic mass is 10.1. The number of hydrogen-bond acceptors (Lipinski definition) is 3. The highest BCUT2D eigenvalue weighted by Gasteiger charge is 2.15. The fraction of sp³-hybridized carbons (Fsp3) is 0.294. The first-order chi connectivity index (χ1) is 10.1. The Bertz CT molecular complexity index is 615. The Hall–Kier alpha value is -2.07. The van der Waals surface area contributed by atoms with Crippen molar-refractivity contribution in [3.8, 4) is 5.75 Å². The molecule has 0 aliphatic rings. The molecule has 0 aromatic heterocycles. The van der Waals surface area contributed by atoms with Crippen LogP contribution in [-0.2, 0) is 0 Å². The number of phenols is 1. The Labute approximate surface area is 125 Å². The second-order valence-corrected chi connectivity index (χ2v) is 4.95. The van der Waals surface area contributed by atoms with E-state index in [1.54, 1.807) is 24.3 Å². The zero-order chi connectivity index (χ0) is 15.4. The molecule has 2 N–H and O–H groups in total. The monoisotopic (exact) mass is 288 g/mol. The molecule has 2 aromatic carbocycles. The summed E-state index contributed by atoms with van der Waals surface area (Å²) in [5.74, 6) is -0.0596. The van der Waals surface area contributed by atoms with Gasteiger partial charge in [-0.25, -0.2) is 4.39 Å². The fourth-order valence-electron chi connectivity index (χ4n) is 2.38. The molecule has 1 unspecified atom stereocenters. The number of benzene rings is 2. The van der Waals surface area contributed by atoms with Crippen molar-refractivity contribution < 1.29 is 9.50 Å².